The Morgan fingerprint density at radius 3 is 2.69 bits per heavy atom. The lowest BCUT2D eigenvalue weighted by Gasteiger charge is -2.12. The molecule has 0 aromatic carbocycles. The molecule has 1 unspecified atom stereocenters. The number of amides is 1. The van der Waals surface area contributed by atoms with Crippen molar-refractivity contribution in [3.63, 3.8) is 0 Å². The highest BCUT2D eigenvalue weighted by Crippen LogP contribution is 2.45. The van der Waals surface area contributed by atoms with Gasteiger partial charge in [-0.3, -0.25) is 4.79 Å². The van der Waals surface area contributed by atoms with Gasteiger partial charge in [0.15, 0.2) is 0 Å². The van der Waals surface area contributed by atoms with Crippen LogP contribution < -0.4 is 5.32 Å². The molecule has 1 aliphatic carbocycles. The lowest BCUT2D eigenvalue weighted by atomic mass is 10.1. The first-order valence-electron chi connectivity index (χ1n) is 4.37. The van der Waals surface area contributed by atoms with Crippen LogP contribution >= 0.6 is 0 Å². The number of nitrogens with one attached hydrogen (secondary N) is 1. The number of nitrogens with zero attached hydrogens (tertiary/aromatic N) is 1. The summed E-state index contributed by atoms with van der Waals surface area (Å²) < 4.78 is 0. The predicted molar refractivity (Wildman–Crippen MR) is 48.3 cm³/mol. The van der Waals surface area contributed by atoms with Crippen molar-refractivity contribution in [1.29, 1.82) is 5.26 Å². The highest BCUT2D eigenvalue weighted by Gasteiger charge is 2.50. The first-order valence-corrected chi connectivity index (χ1v) is 4.37. The van der Waals surface area contributed by atoms with E-state index in [0.29, 0.717) is 19.3 Å². The van der Waals surface area contributed by atoms with Crippen LogP contribution in [0.2, 0.25) is 0 Å². The number of nitriles is 1. The van der Waals surface area contributed by atoms with E-state index in [1.54, 1.807) is 0 Å². The minimum absolute atomic E-state index is 0.209. The zero-order chi connectivity index (χ0) is 9.90. The Morgan fingerprint density at radius 2 is 2.38 bits per heavy atom. The van der Waals surface area contributed by atoms with Gasteiger partial charge in [-0.1, -0.05) is 12.8 Å². The molecule has 1 saturated carbocycles. The van der Waals surface area contributed by atoms with Crippen molar-refractivity contribution in [2.75, 3.05) is 0 Å². The van der Waals surface area contributed by atoms with Gasteiger partial charge in [-0.25, -0.2) is 0 Å². The summed E-state index contributed by atoms with van der Waals surface area (Å²) >= 11 is 0. The largest absolute Gasteiger partial charge is 0.341 e. The van der Waals surface area contributed by atoms with Crippen LogP contribution in [0.1, 0.15) is 26.2 Å². The third kappa shape index (κ3) is 1.81. The van der Waals surface area contributed by atoms with Gasteiger partial charge >= 0.3 is 0 Å². The van der Waals surface area contributed by atoms with Gasteiger partial charge < -0.3 is 5.32 Å². The highest BCUT2D eigenvalue weighted by molar-refractivity contribution is 5.88. The molecule has 3 nitrogen and oxygen atoms in total. The molecule has 3 heteroatoms. The van der Waals surface area contributed by atoms with Crippen molar-refractivity contribution < 1.29 is 4.79 Å². The second-order valence-corrected chi connectivity index (χ2v) is 3.29. The molecule has 1 rings (SSSR count). The second kappa shape index (κ2) is 3.49. The fourth-order valence-corrected chi connectivity index (χ4v) is 1.07. The second-order valence-electron chi connectivity index (χ2n) is 3.29. The SMILES string of the molecule is C#CC(CC)NC(=O)C1(C#N)CC1. The quantitative estimate of drug-likeness (QED) is 0.647. The topological polar surface area (TPSA) is 52.9 Å². The predicted octanol–water partition coefficient (Wildman–Crippen LogP) is 0.818. The molecular weight excluding hydrogens is 164 g/mol. The van der Waals surface area contributed by atoms with Crippen molar-refractivity contribution in [3.05, 3.63) is 0 Å². The average molecular weight is 176 g/mol. The van der Waals surface area contributed by atoms with Crippen molar-refractivity contribution in [2.24, 2.45) is 5.41 Å². The van der Waals surface area contributed by atoms with Gasteiger partial charge in [0, 0.05) is 0 Å². The van der Waals surface area contributed by atoms with Crippen molar-refractivity contribution in [3.8, 4) is 18.4 Å². The van der Waals surface area contributed by atoms with Gasteiger partial charge in [0.2, 0.25) is 5.91 Å². The van der Waals surface area contributed by atoms with Gasteiger partial charge in [-0.05, 0) is 19.3 Å². The first-order chi connectivity index (χ1) is 6.18. The zero-order valence-electron chi connectivity index (χ0n) is 7.63. The fraction of sp³-hybridized carbons (Fsp3) is 0.600. The van der Waals surface area contributed by atoms with Gasteiger partial charge in [-0.2, -0.15) is 5.26 Å². The summed E-state index contributed by atoms with van der Waals surface area (Å²) in [6.07, 6.45) is 7.21. The van der Waals surface area contributed by atoms with E-state index in [1.165, 1.54) is 0 Å². The Bertz CT molecular complexity index is 291. The van der Waals surface area contributed by atoms with Gasteiger partial charge in [-0.15, -0.1) is 6.42 Å². The monoisotopic (exact) mass is 176 g/mol. The minimum atomic E-state index is -0.760. The van der Waals surface area contributed by atoms with Crippen molar-refractivity contribution in [2.45, 2.75) is 32.2 Å². The molecule has 0 spiro atoms. The van der Waals surface area contributed by atoms with Crippen LogP contribution in [0.4, 0.5) is 0 Å². The number of hydrogen-bond acceptors (Lipinski definition) is 2. The number of hydrogen-bond donors (Lipinski definition) is 1. The van der Waals surface area contributed by atoms with Gasteiger partial charge in [0.1, 0.15) is 5.41 Å². The molecule has 0 radical (unpaired) electrons. The Kier molecular flexibility index (Phi) is 2.58. The van der Waals surface area contributed by atoms with Crippen LogP contribution in [0, 0.1) is 29.1 Å². The van der Waals surface area contributed by atoms with Crippen molar-refractivity contribution >= 4 is 5.91 Å². The average Bonchev–Trinajstić information content (AvgIpc) is 2.94. The summed E-state index contributed by atoms with van der Waals surface area (Å²) in [5, 5.41) is 11.4. The van der Waals surface area contributed by atoms with Crippen LogP contribution in [0.5, 0.6) is 0 Å². The van der Waals surface area contributed by atoms with Crippen LogP contribution in [0.3, 0.4) is 0 Å². The van der Waals surface area contributed by atoms with E-state index in [1.807, 2.05) is 13.0 Å². The van der Waals surface area contributed by atoms with Crippen LogP contribution in [0.15, 0.2) is 0 Å². The number of carbonyl (C=O) groups is 1. The molecule has 0 aliphatic heterocycles. The molecular formula is C10H12N2O. The number of carbonyl (C=O) groups excluding carboxylic acids is 1. The van der Waals surface area contributed by atoms with Crippen LogP contribution in [0.25, 0.3) is 0 Å². The summed E-state index contributed by atoms with van der Waals surface area (Å²) in [5.41, 5.74) is -0.760. The van der Waals surface area contributed by atoms with E-state index in [4.69, 9.17) is 11.7 Å². The summed E-state index contributed by atoms with van der Waals surface area (Å²) in [6, 6.07) is 1.79. The Morgan fingerprint density at radius 1 is 1.77 bits per heavy atom. The third-order valence-corrected chi connectivity index (χ3v) is 2.31. The molecule has 0 aromatic rings. The van der Waals surface area contributed by atoms with Crippen LogP contribution in [-0.2, 0) is 4.79 Å². The van der Waals surface area contributed by atoms with E-state index in [0.717, 1.165) is 0 Å². The molecule has 1 N–H and O–H groups in total. The summed E-state index contributed by atoms with van der Waals surface area (Å²) in [6.45, 7) is 1.90. The summed E-state index contributed by atoms with van der Waals surface area (Å²) in [7, 11) is 0. The van der Waals surface area contributed by atoms with Gasteiger partial charge in [0.05, 0.1) is 12.1 Å². The maximum absolute atomic E-state index is 11.5. The molecule has 1 aliphatic rings. The molecule has 1 amide bonds. The molecule has 0 heterocycles. The fourth-order valence-electron chi connectivity index (χ4n) is 1.07. The smallest absolute Gasteiger partial charge is 0.241 e. The molecule has 1 fully saturated rings. The lowest BCUT2D eigenvalue weighted by Crippen LogP contribution is -2.38. The Balaban J connectivity index is 2.52. The normalized spacial score (nSPS) is 19.3. The highest BCUT2D eigenvalue weighted by atomic mass is 16.2. The molecule has 0 aromatic heterocycles. The standard InChI is InChI=1S/C10H12N2O/c1-3-8(4-2)12-9(13)10(7-11)5-6-10/h1,8H,4-6H2,2H3,(H,12,13). The maximum atomic E-state index is 11.5. The number of rotatable bonds is 3. The Hall–Kier alpha value is -1.48. The van der Waals surface area contributed by atoms with E-state index in [2.05, 4.69) is 11.2 Å². The van der Waals surface area contributed by atoms with E-state index in [9.17, 15) is 4.79 Å². The minimum Gasteiger partial charge on any atom is -0.341 e. The molecule has 0 bridgehead atoms. The Labute approximate surface area is 78.1 Å². The number of terminal acetylenes is 1. The third-order valence-electron chi connectivity index (χ3n) is 2.31. The first kappa shape index (κ1) is 9.61. The van der Waals surface area contributed by atoms with Crippen LogP contribution in [-0.4, -0.2) is 11.9 Å². The van der Waals surface area contributed by atoms with E-state index >= 15 is 0 Å². The van der Waals surface area contributed by atoms with E-state index < -0.39 is 5.41 Å². The van der Waals surface area contributed by atoms with Crippen molar-refractivity contribution in [1.82, 2.24) is 5.32 Å². The summed E-state index contributed by atoms with van der Waals surface area (Å²) in [5.74, 6) is 2.26. The van der Waals surface area contributed by atoms with Gasteiger partial charge in [0.25, 0.3) is 0 Å². The maximum Gasteiger partial charge on any atom is 0.241 e. The molecule has 13 heavy (non-hydrogen) atoms. The molecule has 1 atom stereocenters. The molecule has 0 saturated heterocycles. The molecule has 68 valence electrons. The zero-order valence-corrected chi connectivity index (χ0v) is 7.63. The summed E-state index contributed by atoms with van der Waals surface area (Å²) in [4.78, 5) is 11.5. The lowest BCUT2D eigenvalue weighted by molar-refractivity contribution is -0.124. The van der Waals surface area contributed by atoms with E-state index in [-0.39, 0.29) is 11.9 Å².